The number of nitro groups is 1. The van der Waals surface area contributed by atoms with Gasteiger partial charge >= 0.3 is 0 Å². The molecule has 0 bridgehead atoms. The van der Waals surface area contributed by atoms with Gasteiger partial charge in [0, 0.05) is 18.7 Å². The van der Waals surface area contributed by atoms with Gasteiger partial charge in [-0.15, -0.1) is 0 Å². The van der Waals surface area contributed by atoms with Crippen molar-refractivity contribution in [3.8, 4) is 0 Å². The van der Waals surface area contributed by atoms with E-state index in [-0.39, 0.29) is 22.0 Å². The molecule has 7 heteroatoms. The normalized spacial score (nSPS) is 10.6. The number of hydrogen-bond acceptors (Lipinski definition) is 4. The predicted molar refractivity (Wildman–Crippen MR) is 78.9 cm³/mol. The fourth-order valence-corrected chi connectivity index (χ4v) is 2.02. The lowest BCUT2D eigenvalue weighted by atomic mass is 10.0. The molecule has 3 N–H and O–H groups in total. The van der Waals surface area contributed by atoms with Gasteiger partial charge in [0.2, 0.25) is 0 Å². The number of nitrogens with two attached hydrogens (primary N) is 1. The molecule has 1 aromatic rings. The van der Waals surface area contributed by atoms with Crippen LogP contribution in [0.1, 0.15) is 37.0 Å². The Morgan fingerprint density at radius 1 is 1.45 bits per heavy atom. The van der Waals surface area contributed by atoms with Gasteiger partial charge in [-0.2, -0.15) is 0 Å². The molecule has 0 radical (unpaired) electrons. The lowest BCUT2D eigenvalue weighted by Crippen LogP contribution is -2.29. The first-order valence-corrected chi connectivity index (χ1v) is 6.80. The van der Waals surface area contributed by atoms with E-state index in [9.17, 15) is 14.9 Å². The van der Waals surface area contributed by atoms with Gasteiger partial charge in [-0.1, -0.05) is 38.3 Å². The molecule has 0 aliphatic heterocycles. The minimum atomic E-state index is -0.608. The number of amides is 1. The maximum absolute atomic E-state index is 12.1. The number of nitrogens with zero attached hydrogens (tertiary/aromatic N) is 1. The van der Waals surface area contributed by atoms with E-state index in [1.165, 1.54) is 0 Å². The van der Waals surface area contributed by atoms with Crippen LogP contribution in [-0.2, 0) is 0 Å². The third-order valence-corrected chi connectivity index (χ3v) is 3.59. The number of nitro benzene ring substituents is 1. The standard InChI is InChI=1S/C13H18ClN3O3/c1-3-8(4-2)7-16-13(18)10-5-9(17(19)20)6-11(14)12(10)15/h5-6,8H,3-4,7,15H2,1-2H3,(H,16,18). The smallest absolute Gasteiger partial charge is 0.271 e. The SMILES string of the molecule is CCC(CC)CNC(=O)c1cc([N+](=O)[O-])cc(Cl)c1N. The van der Waals surface area contributed by atoms with Crippen LogP contribution in [0.2, 0.25) is 5.02 Å². The molecule has 1 amide bonds. The summed E-state index contributed by atoms with van der Waals surface area (Å²) in [4.78, 5) is 22.2. The summed E-state index contributed by atoms with van der Waals surface area (Å²) in [6.45, 7) is 4.59. The van der Waals surface area contributed by atoms with Crippen molar-refractivity contribution >= 4 is 28.9 Å². The van der Waals surface area contributed by atoms with Crippen LogP contribution in [0.15, 0.2) is 12.1 Å². The van der Waals surface area contributed by atoms with E-state index in [0.29, 0.717) is 12.5 Å². The number of anilines is 1. The van der Waals surface area contributed by atoms with Gasteiger partial charge in [-0.05, 0) is 5.92 Å². The highest BCUT2D eigenvalue weighted by Crippen LogP contribution is 2.28. The molecule has 0 saturated heterocycles. The molecule has 0 heterocycles. The van der Waals surface area contributed by atoms with Crippen molar-refractivity contribution < 1.29 is 9.72 Å². The Morgan fingerprint density at radius 2 is 2.05 bits per heavy atom. The van der Waals surface area contributed by atoms with E-state index in [1.807, 2.05) is 13.8 Å². The number of halogens is 1. The molecule has 1 rings (SSSR count). The van der Waals surface area contributed by atoms with Crippen molar-refractivity contribution in [1.82, 2.24) is 5.32 Å². The van der Waals surface area contributed by atoms with Crippen LogP contribution in [-0.4, -0.2) is 17.4 Å². The summed E-state index contributed by atoms with van der Waals surface area (Å²) in [6.07, 6.45) is 1.89. The number of carbonyl (C=O) groups excluding carboxylic acids is 1. The summed E-state index contributed by atoms with van der Waals surface area (Å²) in [7, 11) is 0. The first-order chi connectivity index (χ1) is 9.40. The number of nitrogens with one attached hydrogen (secondary N) is 1. The third-order valence-electron chi connectivity index (χ3n) is 3.28. The van der Waals surface area contributed by atoms with Crippen LogP contribution in [0.5, 0.6) is 0 Å². The van der Waals surface area contributed by atoms with Crippen LogP contribution in [0.3, 0.4) is 0 Å². The van der Waals surface area contributed by atoms with Gasteiger partial charge in [0.25, 0.3) is 11.6 Å². The van der Waals surface area contributed by atoms with Crippen LogP contribution in [0, 0.1) is 16.0 Å². The fraction of sp³-hybridized carbons (Fsp3) is 0.462. The monoisotopic (exact) mass is 299 g/mol. The molecule has 0 saturated carbocycles. The highest BCUT2D eigenvalue weighted by Gasteiger charge is 2.19. The number of non-ortho nitro benzene ring substituents is 1. The van der Waals surface area contributed by atoms with Gasteiger partial charge in [-0.3, -0.25) is 14.9 Å². The lowest BCUT2D eigenvalue weighted by Gasteiger charge is -2.14. The molecule has 6 nitrogen and oxygen atoms in total. The largest absolute Gasteiger partial charge is 0.397 e. The van der Waals surface area contributed by atoms with Crippen molar-refractivity contribution in [2.45, 2.75) is 26.7 Å². The van der Waals surface area contributed by atoms with Crippen molar-refractivity contribution in [3.05, 3.63) is 32.8 Å². The summed E-state index contributed by atoms with van der Waals surface area (Å²) in [6, 6.07) is 2.28. The molecule has 0 unspecified atom stereocenters. The van der Waals surface area contributed by atoms with E-state index in [1.54, 1.807) is 0 Å². The summed E-state index contributed by atoms with van der Waals surface area (Å²) in [5.74, 6) is -0.0747. The van der Waals surface area contributed by atoms with E-state index in [4.69, 9.17) is 17.3 Å². The molecule has 20 heavy (non-hydrogen) atoms. The maximum atomic E-state index is 12.1. The zero-order chi connectivity index (χ0) is 15.3. The van der Waals surface area contributed by atoms with Crippen LogP contribution >= 0.6 is 11.6 Å². The zero-order valence-electron chi connectivity index (χ0n) is 11.5. The Balaban J connectivity index is 2.95. The third kappa shape index (κ3) is 3.84. The zero-order valence-corrected chi connectivity index (χ0v) is 12.2. The predicted octanol–water partition coefficient (Wildman–Crippen LogP) is 3.00. The second kappa shape index (κ2) is 7.09. The van der Waals surface area contributed by atoms with Gasteiger partial charge in [-0.25, -0.2) is 0 Å². The molecule has 110 valence electrons. The molecular weight excluding hydrogens is 282 g/mol. The van der Waals surface area contributed by atoms with Crippen LogP contribution < -0.4 is 11.1 Å². The minimum Gasteiger partial charge on any atom is -0.397 e. The van der Waals surface area contributed by atoms with E-state index in [2.05, 4.69) is 5.32 Å². The second-order valence-electron chi connectivity index (χ2n) is 4.54. The average molecular weight is 300 g/mol. The molecule has 1 aromatic carbocycles. The van der Waals surface area contributed by atoms with Gasteiger partial charge in [0.1, 0.15) is 0 Å². The Morgan fingerprint density at radius 3 is 2.55 bits per heavy atom. The number of carbonyl (C=O) groups is 1. The Hall–Kier alpha value is -1.82. The number of benzene rings is 1. The van der Waals surface area contributed by atoms with Crippen LogP contribution in [0.4, 0.5) is 11.4 Å². The molecule has 0 aliphatic rings. The Kier molecular flexibility index (Phi) is 5.76. The van der Waals surface area contributed by atoms with Crippen molar-refractivity contribution in [2.24, 2.45) is 5.92 Å². The molecule has 0 atom stereocenters. The highest BCUT2D eigenvalue weighted by molar-refractivity contribution is 6.34. The maximum Gasteiger partial charge on any atom is 0.271 e. The summed E-state index contributed by atoms with van der Waals surface area (Å²) < 4.78 is 0. The molecule has 0 aliphatic carbocycles. The van der Waals surface area contributed by atoms with Crippen molar-refractivity contribution in [1.29, 1.82) is 0 Å². The van der Waals surface area contributed by atoms with Crippen LogP contribution in [0.25, 0.3) is 0 Å². The number of rotatable bonds is 6. The van der Waals surface area contributed by atoms with E-state index < -0.39 is 10.8 Å². The molecule has 0 fully saturated rings. The van der Waals surface area contributed by atoms with Gasteiger partial charge in [0.15, 0.2) is 0 Å². The summed E-state index contributed by atoms with van der Waals surface area (Å²) >= 11 is 5.81. The van der Waals surface area contributed by atoms with E-state index in [0.717, 1.165) is 25.0 Å². The molecule has 0 spiro atoms. The average Bonchev–Trinajstić information content (AvgIpc) is 2.42. The molecule has 0 aromatic heterocycles. The molecular formula is C13H18ClN3O3. The van der Waals surface area contributed by atoms with Crippen molar-refractivity contribution in [3.63, 3.8) is 0 Å². The van der Waals surface area contributed by atoms with Crippen molar-refractivity contribution in [2.75, 3.05) is 12.3 Å². The topological polar surface area (TPSA) is 98.3 Å². The summed E-state index contributed by atoms with van der Waals surface area (Å²) in [5, 5.41) is 13.5. The number of nitrogen functional groups attached to an aromatic ring is 1. The first-order valence-electron chi connectivity index (χ1n) is 6.42. The minimum absolute atomic E-state index is 0.00637. The Labute approximate surface area is 122 Å². The number of hydrogen-bond donors (Lipinski definition) is 2. The summed E-state index contributed by atoms with van der Waals surface area (Å²) in [5.41, 5.74) is 5.55. The second-order valence-corrected chi connectivity index (χ2v) is 4.95. The highest BCUT2D eigenvalue weighted by atomic mass is 35.5. The lowest BCUT2D eigenvalue weighted by molar-refractivity contribution is -0.384. The quantitative estimate of drug-likeness (QED) is 0.479. The van der Waals surface area contributed by atoms with Gasteiger partial charge < -0.3 is 11.1 Å². The fourth-order valence-electron chi connectivity index (χ4n) is 1.81. The van der Waals surface area contributed by atoms with Gasteiger partial charge in [0.05, 0.1) is 21.2 Å². The van der Waals surface area contributed by atoms with E-state index >= 15 is 0 Å². The Bertz CT molecular complexity index is 516. The first kappa shape index (κ1) is 16.2.